The van der Waals surface area contributed by atoms with Gasteiger partial charge in [0.15, 0.2) is 0 Å². The summed E-state index contributed by atoms with van der Waals surface area (Å²) >= 11 is 1.49. The molecule has 1 N–H and O–H groups in total. The van der Waals surface area contributed by atoms with Crippen LogP contribution in [0.15, 0.2) is 65.7 Å². The molecule has 0 saturated carbocycles. The molecule has 0 fully saturated rings. The number of para-hydroxylation sites is 1. The summed E-state index contributed by atoms with van der Waals surface area (Å²) < 4.78 is 0. The summed E-state index contributed by atoms with van der Waals surface area (Å²) in [6.45, 7) is 2.79. The van der Waals surface area contributed by atoms with E-state index in [4.69, 9.17) is 0 Å². The molecule has 0 saturated heterocycles. The molecular formula is C21H22N2OS. The summed E-state index contributed by atoms with van der Waals surface area (Å²) in [6, 6.07) is 20.5. The Kier molecular flexibility index (Phi) is 6.07. The highest BCUT2D eigenvalue weighted by atomic mass is 32.2. The molecule has 0 atom stereocenters. The molecule has 3 aromatic rings. The highest BCUT2D eigenvalue weighted by Crippen LogP contribution is 2.23. The molecule has 1 heterocycles. The molecule has 0 spiro atoms. The van der Waals surface area contributed by atoms with Crippen LogP contribution < -0.4 is 5.32 Å². The van der Waals surface area contributed by atoms with Gasteiger partial charge in [0, 0.05) is 11.9 Å². The predicted octanol–water partition coefficient (Wildman–Crippen LogP) is 4.38. The number of amides is 1. The minimum atomic E-state index is 0.0608. The van der Waals surface area contributed by atoms with Crippen molar-refractivity contribution in [3.63, 3.8) is 0 Å². The second kappa shape index (κ2) is 8.67. The molecule has 1 aromatic heterocycles. The molecule has 3 nitrogen and oxygen atoms in total. The number of fused-ring (bicyclic) bond motifs is 1. The fourth-order valence-corrected chi connectivity index (χ4v) is 3.55. The topological polar surface area (TPSA) is 42.0 Å². The van der Waals surface area contributed by atoms with Crippen LogP contribution in [-0.2, 0) is 11.2 Å². The third-order valence-electron chi connectivity index (χ3n) is 4.06. The van der Waals surface area contributed by atoms with Gasteiger partial charge >= 0.3 is 0 Å². The molecular weight excluding hydrogens is 328 g/mol. The first-order chi connectivity index (χ1) is 12.2. The second-order valence-electron chi connectivity index (χ2n) is 6.02. The third kappa shape index (κ3) is 5.07. The lowest BCUT2D eigenvalue weighted by Gasteiger charge is -2.07. The largest absolute Gasteiger partial charge is 0.355 e. The van der Waals surface area contributed by atoms with Crippen molar-refractivity contribution in [1.82, 2.24) is 10.3 Å². The van der Waals surface area contributed by atoms with Crippen LogP contribution in [0.1, 0.15) is 17.5 Å². The average Bonchev–Trinajstić information content (AvgIpc) is 2.64. The highest BCUT2D eigenvalue weighted by molar-refractivity contribution is 7.99. The Bertz CT molecular complexity index is 849. The summed E-state index contributed by atoms with van der Waals surface area (Å²) in [6.07, 6.45) is 1.94. The van der Waals surface area contributed by atoms with Crippen molar-refractivity contribution in [3.05, 3.63) is 71.8 Å². The van der Waals surface area contributed by atoms with Crippen LogP contribution in [0, 0.1) is 6.92 Å². The molecule has 3 rings (SSSR count). The molecule has 0 unspecified atom stereocenters. The monoisotopic (exact) mass is 350 g/mol. The Labute approximate surface area is 152 Å². The lowest BCUT2D eigenvalue weighted by molar-refractivity contribution is -0.118. The van der Waals surface area contributed by atoms with Crippen LogP contribution in [0.4, 0.5) is 0 Å². The van der Waals surface area contributed by atoms with E-state index in [1.807, 2.05) is 36.4 Å². The zero-order valence-corrected chi connectivity index (χ0v) is 15.2. The summed E-state index contributed by atoms with van der Waals surface area (Å²) in [5, 5.41) is 5.05. The Hall–Kier alpha value is -2.33. The van der Waals surface area contributed by atoms with Crippen LogP contribution in [-0.4, -0.2) is 23.2 Å². The number of hydrogen-bond donors (Lipinski definition) is 1. The number of thioether (sulfide) groups is 1. The first-order valence-corrected chi connectivity index (χ1v) is 9.51. The van der Waals surface area contributed by atoms with Crippen molar-refractivity contribution in [2.75, 3.05) is 12.3 Å². The van der Waals surface area contributed by atoms with Crippen molar-refractivity contribution in [1.29, 1.82) is 0 Å². The molecule has 1 amide bonds. The van der Waals surface area contributed by atoms with E-state index >= 15 is 0 Å². The van der Waals surface area contributed by atoms with Crippen LogP contribution >= 0.6 is 11.8 Å². The standard InChI is InChI=1S/C21H22N2OS/c1-16-14-21(23-19-12-6-5-11-18(16)19)25-15-20(24)22-13-7-10-17-8-3-2-4-9-17/h2-6,8-9,11-12,14H,7,10,13,15H2,1H3,(H,22,24). The number of carbonyl (C=O) groups is 1. The SMILES string of the molecule is Cc1cc(SCC(=O)NCCCc2ccccc2)nc2ccccc12. The van der Waals surface area contributed by atoms with Crippen molar-refractivity contribution in [2.24, 2.45) is 0 Å². The number of aryl methyl sites for hydroxylation is 2. The molecule has 0 radical (unpaired) electrons. The molecule has 4 heteroatoms. The summed E-state index contributed by atoms with van der Waals surface area (Å²) in [5.74, 6) is 0.460. The lowest BCUT2D eigenvalue weighted by atomic mass is 10.1. The van der Waals surface area contributed by atoms with Gasteiger partial charge in [-0.15, -0.1) is 0 Å². The van der Waals surface area contributed by atoms with Gasteiger partial charge in [0.05, 0.1) is 16.3 Å². The average molecular weight is 350 g/mol. The minimum Gasteiger partial charge on any atom is -0.355 e. The first kappa shape index (κ1) is 17.5. The van der Waals surface area contributed by atoms with Gasteiger partial charge in [-0.05, 0) is 43.0 Å². The fourth-order valence-electron chi connectivity index (χ4n) is 2.75. The maximum atomic E-state index is 12.0. The number of nitrogens with zero attached hydrogens (tertiary/aromatic N) is 1. The van der Waals surface area contributed by atoms with Gasteiger partial charge in [-0.25, -0.2) is 4.98 Å². The van der Waals surface area contributed by atoms with E-state index in [0.29, 0.717) is 12.3 Å². The van der Waals surface area contributed by atoms with Crippen molar-refractivity contribution in [2.45, 2.75) is 24.8 Å². The number of nitrogens with one attached hydrogen (secondary N) is 1. The van der Waals surface area contributed by atoms with Crippen LogP contribution in [0.3, 0.4) is 0 Å². The van der Waals surface area contributed by atoms with E-state index in [1.165, 1.54) is 22.9 Å². The van der Waals surface area contributed by atoms with E-state index < -0.39 is 0 Å². The number of carbonyl (C=O) groups excluding carboxylic acids is 1. The Morgan fingerprint density at radius 1 is 1.08 bits per heavy atom. The number of benzene rings is 2. The van der Waals surface area contributed by atoms with E-state index in [1.54, 1.807) is 0 Å². The van der Waals surface area contributed by atoms with Crippen LogP contribution in [0.25, 0.3) is 10.9 Å². The van der Waals surface area contributed by atoms with Gasteiger partial charge in [-0.3, -0.25) is 4.79 Å². The maximum absolute atomic E-state index is 12.0. The van der Waals surface area contributed by atoms with Gasteiger partial charge in [0.25, 0.3) is 0 Å². The van der Waals surface area contributed by atoms with Crippen LogP contribution in [0.5, 0.6) is 0 Å². The first-order valence-electron chi connectivity index (χ1n) is 8.52. The quantitative estimate of drug-likeness (QED) is 0.508. The Morgan fingerprint density at radius 3 is 2.68 bits per heavy atom. The fraction of sp³-hybridized carbons (Fsp3) is 0.238. The molecule has 2 aromatic carbocycles. The number of hydrogen-bond acceptors (Lipinski definition) is 3. The maximum Gasteiger partial charge on any atom is 0.230 e. The van der Waals surface area contributed by atoms with E-state index in [2.05, 4.69) is 41.5 Å². The normalized spacial score (nSPS) is 10.8. The smallest absolute Gasteiger partial charge is 0.230 e. The molecule has 0 aliphatic carbocycles. The molecule has 128 valence electrons. The summed E-state index contributed by atoms with van der Waals surface area (Å²) in [4.78, 5) is 16.6. The van der Waals surface area contributed by atoms with Gasteiger partial charge in [-0.1, -0.05) is 60.3 Å². The summed E-state index contributed by atoms with van der Waals surface area (Å²) in [7, 11) is 0. The molecule has 0 aliphatic rings. The van der Waals surface area contributed by atoms with Gasteiger partial charge in [0.1, 0.15) is 0 Å². The zero-order valence-electron chi connectivity index (χ0n) is 14.4. The van der Waals surface area contributed by atoms with Crippen LogP contribution in [0.2, 0.25) is 0 Å². The van der Waals surface area contributed by atoms with Gasteiger partial charge < -0.3 is 5.32 Å². The van der Waals surface area contributed by atoms with Crippen molar-refractivity contribution < 1.29 is 4.79 Å². The predicted molar refractivity (Wildman–Crippen MR) is 105 cm³/mol. The van der Waals surface area contributed by atoms with Gasteiger partial charge in [-0.2, -0.15) is 0 Å². The van der Waals surface area contributed by atoms with Crippen molar-refractivity contribution in [3.8, 4) is 0 Å². The number of rotatable bonds is 7. The van der Waals surface area contributed by atoms with E-state index in [0.717, 1.165) is 28.8 Å². The molecule has 25 heavy (non-hydrogen) atoms. The highest BCUT2D eigenvalue weighted by Gasteiger charge is 2.06. The minimum absolute atomic E-state index is 0.0608. The van der Waals surface area contributed by atoms with E-state index in [9.17, 15) is 4.79 Å². The zero-order chi connectivity index (χ0) is 17.5. The number of pyridine rings is 1. The van der Waals surface area contributed by atoms with E-state index in [-0.39, 0.29) is 5.91 Å². The Balaban J connectivity index is 1.44. The Morgan fingerprint density at radius 2 is 1.84 bits per heavy atom. The van der Waals surface area contributed by atoms with Gasteiger partial charge in [0.2, 0.25) is 5.91 Å². The third-order valence-corrected chi connectivity index (χ3v) is 4.97. The lowest BCUT2D eigenvalue weighted by Crippen LogP contribution is -2.26. The second-order valence-corrected chi connectivity index (χ2v) is 7.02. The van der Waals surface area contributed by atoms with Crippen molar-refractivity contribution >= 4 is 28.6 Å². The molecule has 0 aliphatic heterocycles. The number of aromatic nitrogens is 1. The summed E-state index contributed by atoms with van der Waals surface area (Å²) in [5.41, 5.74) is 3.48. The molecule has 0 bridgehead atoms.